The van der Waals surface area contributed by atoms with Crippen LogP contribution in [-0.2, 0) is 6.42 Å². The molecule has 0 aromatic carbocycles. The monoisotopic (exact) mass is 249 g/mol. The summed E-state index contributed by atoms with van der Waals surface area (Å²) in [4.78, 5) is 17.4. The fraction of sp³-hybridized carbons (Fsp3) is 0.455. The van der Waals surface area contributed by atoms with Crippen molar-refractivity contribution in [2.24, 2.45) is 0 Å². The van der Waals surface area contributed by atoms with Gasteiger partial charge in [-0.2, -0.15) is 0 Å². The first-order valence-electron chi connectivity index (χ1n) is 5.50. The standard InChI is InChI=1S/C11H15N5S/c1-4-5-7-8-9(12)13-6(2)14-10(8)16-11(15-7)17-3/h4-5H2,1-3H3,(H2,12,13,14,15,16). The molecule has 17 heavy (non-hydrogen) atoms. The predicted molar refractivity (Wildman–Crippen MR) is 70.1 cm³/mol. The van der Waals surface area contributed by atoms with Crippen molar-refractivity contribution in [1.29, 1.82) is 0 Å². The number of aryl methyl sites for hydroxylation is 2. The molecule has 0 amide bonds. The zero-order valence-corrected chi connectivity index (χ0v) is 11.0. The van der Waals surface area contributed by atoms with Gasteiger partial charge in [-0.1, -0.05) is 25.1 Å². The topological polar surface area (TPSA) is 77.6 Å². The van der Waals surface area contributed by atoms with Crippen LogP contribution in [0, 0.1) is 6.92 Å². The first-order valence-corrected chi connectivity index (χ1v) is 6.73. The molecule has 0 saturated carbocycles. The molecule has 5 nitrogen and oxygen atoms in total. The molecule has 0 radical (unpaired) electrons. The molecule has 2 N–H and O–H groups in total. The molecule has 0 aliphatic rings. The molecular weight excluding hydrogens is 234 g/mol. The number of rotatable bonds is 3. The van der Waals surface area contributed by atoms with Crippen LogP contribution in [0.3, 0.4) is 0 Å². The minimum absolute atomic E-state index is 0.476. The second kappa shape index (κ2) is 4.83. The summed E-state index contributed by atoms with van der Waals surface area (Å²) in [5.74, 6) is 1.12. The number of nitrogens with zero attached hydrogens (tertiary/aromatic N) is 4. The number of thioether (sulfide) groups is 1. The van der Waals surface area contributed by atoms with Crippen LogP contribution in [-0.4, -0.2) is 26.2 Å². The summed E-state index contributed by atoms with van der Waals surface area (Å²) in [5, 5.41) is 1.54. The smallest absolute Gasteiger partial charge is 0.189 e. The van der Waals surface area contributed by atoms with E-state index >= 15 is 0 Å². The maximum Gasteiger partial charge on any atom is 0.189 e. The molecule has 0 spiro atoms. The lowest BCUT2D eigenvalue weighted by Gasteiger charge is -2.08. The average Bonchev–Trinajstić information content (AvgIpc) is 2.27. The van der Waals surface area contributed by atoms with Crippen LogP contribution in [0.5, 0.6) is 0 Å². The largest absolute Gasteiger partial charge is 0.383 e. The molecule has 0 saturated heterocycles. The number of fused-ring (bicyclic) bond motifs is 1. The first kappa shape index (κ1) is 12.0. The van der Waals surface area contributed by atoms with E-state index in [1.807, 2.05) is 13.2 Å². The molecule has 2 heterocycles. The molecule has 0 bridgehead atoms. The molecule has 0 aliphatic heterocycles. The SMILES string of the molecule is CCCc1nc(SC)nc2nc(C)nc(N)c12. The Morgan fingerprint density at radius 2 is 1.94 bits per heavy atom. The maximum atomic E-state index is 5.94. The molecule has 90 valence electrons. The molecular formula is C11H15N5S. The third kappa shape index (κ3) is 2.31. The lowest BCUT2D eigenvalue weighted by Crippen LogP contribution is -2.05. The Bertz CT molecular complexity index is 555. The summed E-state index contributed by atoms with van der Waals surface area (Å²) in [6.45, 7) is 3.92. The molecule has 0 unspecified atom stereocenters. The molecule has 0 aliphatic carbocycles. The fourth-order valence-electron chi connectivity index (χ4n) is 1.73. The van der Waals surface area contributed by atoms with Crippen LogP contribution in [0.2, 0.25) is 0 Å². The number of hydrogen-bond acceptors (Lipinski definition) is 6. The molecule has 2 aromatic heterocycles. The Balaban J connectivity index is 2.76. The Morgan fingerprint density at radius 1 is 1.18 bits per heavy atom. The van der Waals surface area contributed by atoms with Crippen molar-refractivity contribution < 1.29 is 0 Å². The number of nitrogens with two attached hydrogens (primary N) is 1. The third-order valence-electron chi connectivity index (χ3n) is 2.42. The van der Waals surface area contributed by atoms with Crippen molar-refractivity contribution in [3.63, 3.8) is 0 Å². The first-order chi connectivity index (χ1) is 8.15. The van der Waals surface area contributed by atoms with Gasteiger partial charge in [0.1, 0.15) is 11.6 Å². The lowest BCUT2D eigenvalue weighted by molar-refractivity contribution is 0.842. The van der Waals surface area contributed by atoms with Gasteiger partial charge in [0.2, 0.25) is 0 Å². The van der Waals surface area contributed by atoms with Gasteiger partial charge in [-0.25, -0.2) is 19.9 Å². The van der Waals surface area contributed by atoms with E-state index in [4.69, 9.17) is 5.73 Å². The van der Waals surface area contributed by atoms with E-state index < -0.39 is 0 Å². The summed E-state index contributed by atoms with van der Waals surface area (Å²) >= 11 is 1.51. The Kier molecular flexibility index (Phi) is 3.42. The number of anilines is 1. The fourth-order valence-corrected chi connectivity index (χ4v) is 2.11. The summed E-state index contributed by atoms with van der Waals surface area (Å²) in [6.07, 6.45) is 3.82. The minimum Gasteiger partial charge on any atom is -0.383 e. The highest BCUT2D eigenvalue weighted by Crippen LogP contribution is 2.23. The van der Waals surface area contributed by atoms with E-state index in [1.54, 1.807) is 0 Å². The van der Waals surface area contributed by atoms with Crippen molar-refractivity contribution in [2.75, 3.05) is 12.0 Å². The zero-order chi connectivity index (χ0) is 12.4. The highest BCUT2D eigenvalue weighted by atomic mass is 32.2. The van der Waals surface area contributed by atoms with Crippen LogP contribution in [0.1, 0.15) is 24.9 Å². The third-order valence-corrected chi connectivity index (χ3v) is 2.97. The van der Waals surface area contributed by atoms with Gasteiger partial charge in [-0.3, -0.25) is 0 Å². The van der Waals surface area contributed by atoms with Crippen LogP contribution in [0.25, 0.3) is 11.0 Å². The molecule has 2 aromatic rings. The van der Waals surface area contributed by atoms with E-state index in [0.29, 0.717) is 17.3 Å². The molecule has 0 atom stereocenters. The molecule has 6 heteroatoms. The summed E-state index contributed by atoms with van der Waals surface area (Å²) < 4.78 is 0. The quantitative estimate of drug-likeness (QED) is 0.662. The van der Waals surface area contributed by atoms with Gasteiger partial charge < -0.3 is 5.73 Å². The van der Waals surface area contributed by atoms with E-state index in [2.05, 4.69) is 26.9 Å². The van der Waals surface area contributed by atoms with Gasteiger partial charge in [0, 0.05) is 0 Å². The normalized spacial score (nSPS) is 11.0. The highest BCUT2D eigenvalue weighted by molar-refractivity contribution is 7.98. The van der Waals surface area contributed by atoms with E-state index in [1.165, 1.54) is 11.8 Å². The van der Waals surface area contributed by atoms with Crippen LogP contribution < -0.4 is 5.73 Å². The van der Waals surface area contributed by atoms with Gasteiger partial charge >= 0.3 is 0 Å². The van der Waals surface area contributed by atoms with Gasteiger partial charge in [-0.05, 0) is 19.6 Å². The zero-order valence-electron chi connectivity index (χ0n) is 10.2. The van der Waals surface area contributed by atoms with Crippen molar-refractivity contribution >= 4 is 28.6 Å². The van der Waals surface area contributed by atoms with Gasteiger partial charge in [0.05, 0.1) is 11.1 Å². The Labute approximate surface area is 104 Å². The highest BCUT2D eigenvalue weighted by Gasteiger charge is 2.12. The van der Waals surface area contributed by atoms with Crippen molar-refractivity contribution in [1.82, 2.24) is 19.9 Å². The second-order valence-electron chi connectivity index (χ2n) is 3.76. The number of hydrogen-bond donors (Lipinski definition) is 1. The summed E-state index contributed by atoms with van der Waals surface area (Å²) in [5.41, 5.74) is 7.54. The summed E-state index contributed by atoms with van der Waals surface area (Å²) in [6, 6.07) is 0. The summed E-state index contributed by atoms with van der Waals surface area (Å²) in [7, 11) is 0. The van der Waals surface area contributed by atoms with E-state index in [9.17, 15) is 0 Å². The second-order valence-corrected chi connectivity index (χ2v) is 4.54. The van der Waals surface area contributed by atoms with E-state index in [0.717, 1.165) is 29.1 Å². The van der Waals surface area contributed by atoms with Gasteiger partial charge in [0.25, 0.3) is 0 Å². The lowest BCUT2D eigenvalue weighted by atomic mass is 10.2. The predicted octanol–water partition coefficient (Wildman–Crippen LogP) is 1.98. The Hall–Kier alpha value is -1.43. The molecule has 0 fully saturated rings. The minimum atomic E-state index is 0.476. The van der Waals surface area contributed by atoms with Crippen molar-refractivity contribution in [3.05, 3.63) is 11.5 Å². The van der Waals surface area contributed by atoms with Gasteiger partial charge in [0.15, 0.2) is 10.8 Å². The Morgan fingerprint density at radius 3 is 2.59 bits per heavy atom. The van der Waals surface area contributed by atoms with Crippen LogP contribution >= 0.6 is 11.8 Å². The molecule has 2 rings (SSSR count). The van der Waals surface area contributed by atoms with Crippen LogP contribution in [0.15, 0.2) is 5.16 Å². The van der Waals surface area contributed by atoms with Gasteiger partial charge in [-0.15, -0.1) is 0 Å². The average molecular weight is 249 g/mol. The van der Waals surface area contributed by atoms with E-state index in [-0.39, 0.29) is 0 Å². The number of nitrogen functional groups attached to an aromatic ring is 1. The maximum absolute atomic E-state index is 5.94. The van der Waals surface area contributed by atoms with Crippen molar-refractivity contribution in [2.45, 2.75) is 31.8 Å². The number of aromatic nitrogens is 4. The van der Waals surface area contributed by atoms with Crippen LogP contribution in [0.4, 0.5) is 5.82 Å². The van der Waals surface area contributed by atoms with Crippen molar-refractivity contribution in [3.8, 4) is 0 Å².